The summed E-state index contributed by atoms with van der Waals surface area (Å²) in [6.45, 7) is 4.50. The molecule has 0 bridgehead atoms. The lowest BCUT2D eigenvalue weighted by atomic mass is 9.79. The van der Waals surface area contributed by atoms with Crippen LogP contribution >= 0.6 is 11.8 Å². The summed E-state index contributed by atoms with van der Waals surface area (Å²) in [6, 6.07) is 0. The topological polar surface area (TPSA) is 42.2 Å². The Labute approximate surface area is 125 Å². The van der Waals surface area contributed by atoms with E-state index >= 15 is 0 Å². The van der Waals surface area contributed by atoms with Gasteiger partial charge < -0.3 is 5.32 Å². The van der Waals surface area contributed by atoms with E-state index in [1.807, 2.05) is 23.5 Å². The number of amidine groups is 1. The Bertz CT molecular complexity index is 512. The molecule has 2 aliphatic rings. The van der Waals surface area contributed by atoms with Crippen LogP contribution in [0.15, 0.2) is 11.2 Å². The molecule has 1 aromatic heterocycles. The quantitative estimate of drug-likeness (QED) is 0.908. The van der Waals surface area contributed by atoms with Gasteiger partial charge in [0.15, 0.2) is 5.17 Å². The monoisotopic (exact) mass is 292 g/mol. The largest absolute Gasteiger partial charge is 0.332 e. The predicted molar refractivity (Wildman–Crippen MR) is 86.5 cm³/mol. The lowest BCUT2D eigenvalue weighted by Gasteiger charge is -2.32. The summed E-state index contributed by atoms with van der Waals surface area (Å²) < 4.78 is 1.87. The average Bonchev–Trinajstić information content (AvgIpc) is 2.98. The predicted octanol–water partition coefficient (Wildman–Crippen LogP) is 3.45. The molecule has 1 aliphatic heterocycles. The zero-order valence-electron chi connectivity index (χ0n) is 12.6. The molecule has 1 aromatic rings. The van der Waals surface area contributed by atoms with Crippen LogP contribution in [0.1, 0.15) is 45.2 Å². The Morgan fingerprint density at radius 3 is 2.90 bits per heavy atom. The van der Waals surface area contributed by atoms with Crippen LogP contribution in [0.25, 0.3) is 0 Å². The van der Waals surface area contributed by atoms with Gasteiger partial charge in [0.25, 0.3) is 0 Å². The number of aromatic nitrogens is 2. The number of rotatable bonds is 2. The van der Waals surface area contributed by atoms with Gasteiger partial charge >= 0.3 is 0 Å². The number of nitrogens with zero attached hydrogens (tertiary/aromatic N) is 3. The minimum Gasteiger partial charge on any atom is -0.332 e. The number of aryl methyl sites for hydroxylation is 2. The second-order valence-electron chi connectivity index (χ2n) is 6.25. The summed E-state index contributed by atoms with van der Waals surface area (Å²) in [5, 5.41) is 9.05. The summed E-state index contributed by atoms with van der Waals surface area (Å²) >= 11 is 1.87. The molecule has 1 saturated carbocycles. The molecule has 0 saturated heterocycles. The Morgan fingerprint density at radius 1 is 1.45 bits per heavy atom. The molecule has 1 spiro atoms. The van der Waals surface area contributed by atoms with Crippen LogP contribution in [0.5, 0.6) is 0 Å². The van der Waals surface area contributed by atoms with Gasteiger partial charge in [-0.2, -0.15) is 5.10 Å². The number of nitrogens with one attached hydrogen (secondary N) is 1. The van der Waals surface area contributed by atoms with E-state index in [-0.39, 0.29) is 5.54 Å². The summed E-state index contributed by atoms with van der Waals surface area (Å²) in [7, 11) is 1.97. The molecule has 4 nitrogen and oxygen atoms in total. The van der Waals surface area contributed by atoms with Crippen LogP contribution in [0.4, 0.5) is 5.69 Å². The lowest BCUT2D eigenvalue weighted by molar-refractivity contribution is 0.273. The Kier molecular flexibility index (Phi) is 3.80. The van der Waals surface area contributed by atoms with Crippen LogP contribution in [0.2, 0.25) is 0 Å². The summed E-state index contributed by atoms with van der Waals surface area (Å²) in [5.41, 5.74) is 2.45. The van der Waals surface area contributed by atoms with E-state index in [0.717, 1.165) is 34.6 Å². The Hall–Kier alpha value is -0.970. The number of thioether (sulfide) groups is 1. The molecular formula is C15H24N4S. The van der Waals surface area contributed by atoms with Crippen molar-refractivity contribution in [1.29, 1.82) is 0 Å². The second-order valence-corrected chi connectivity index (χ2v) is 7.22. The molecule has 0 unspecified atom stereocenters. The molecule has 5 heteroatoms. The highest BCUT2D eigenvalue weighted by Gasteiger charge is 2.38. The van der Waals surface area contributed by atoms with Gasteiger partial charge in [0, 0.05) is 19.0 Å². The Balaban J connectivity index is 1.72. The minimum atomic E-state index is 0.216. The van der Waals surface area contributed by atoms with Gasteiger partial charge in [0.2, 0.25) is 0 Å². The molecule has 1 fully saturated rings. The highest BCUT2D eigenvalue weighted by atomic mass is 32.2. The minimum absolute atomic E-state index is 0.216. The van der Waals surface area contributed by atoms with Crippen molar-refractivity contribution in [3.05, 3.63) is 11.9 Å². The van der Waals surface area contributed by atoms with Gasteiger partial charge in [0.05, 0.1) is 16.9 Å². The maximum atomic E-state index is 5.02. The van der Waals surface area contributed by atoms with Crippen molar-refractivity contribution in [2.24, 2.45) is 18.0 Å². The zero-order chi connectivity index (χ0) is 14.2. The third-order valence-electron chi connectivity index (χ3n) is 4.50. The van der Waals surface area contributed by atoms with Crippen LogP contribution < -0.4 is 5.32 Å². The first-order chi connectivity index (χ1) is 9.60. The summed E-state index contributed by atoms with van der Waals surface area (Å²) in [5.74, 6) is 2.02. The SMILES string of the molecule is CCc1nn(C)cc1NC1=NC2(CCC(C)CC2)CS1. The van der Waals surface area contributed by atoms with Crippen molar-refractivity contribution >= 4 is 22.6 Å². The molecule has 0 radical (unpaired) electrons. The average molecular weight is 292 g/mol. The van der Waals surface area contributed by atoms with Crippen molar-refractivity contribution in [3.63, 3.8) is 0 Å². The van der Waals surface area contributed by atoms with Gasteiger partial charge in [0.1, 0.15) is 0 Å². The van der Waals surface area contributed by atoms with E-state index in [4.69, 9.17) is 4.99 Å². The number of anilines is 1. The molecule has 0 atom stereocenters. The lowest BCUT2D eigenvalue weighted by Crippen LogP contribution is -2.32. The Morgan fingerprint density at radius 2 is 2.20 bits per heavy atom. The normalized spacial score (nSPS) is 29.8. The van der Waals surface area contributed by atoms with Gasteiger partial charge in [-0.3, -0.25) is 9.67 Å². The van der Waals surface area contributed by atoms with Gasteiger partial charge in [-0.1, -0.05) is 25.6 Å². The first kappa shape index (κ1) is 14.0. The van der Waals surface area contributed by atoms with Crippen molar-refractivity contribution in [2.75, 3.05) is 11.1 Å². The molecule has 0 amide bonds. The summed E-state index contributed by atoms with van der Waals surface area (Å²) in [4.78, 5) is 5.02. The van der Waals surface area contributed by atoms with Crippen LogP contribution in [0, 0.1) is 5.92 Å². The molecular weight excluding hydrogens is 268 g/mol. The number of hydrogen-bond acceptors (Lipinski definition) is 4. The van der Waals surface area contributed by atoms with Crippen LogP contribution in [-0.2, 0) is 13.5 Å². The van der Waals surface area contributed by atoms with Gasteiger partial charge in [-0.05, 0) is 38.0 Å². The van der Waals surface area contributed by atoms with Crippen LogP contribution in [-0.4, -0.2) is 26.2 Å². The molecule has 20 heavy (non-hydrogen) atoms. The standard InChI is InChI=1S/C15H24N4S/c1-4-12-13(9-19(3)18-12)16-14-17-15(10-20-14)7-5-11(2)6-8-15/h9,11H,4-8,10H2,1-3H3,(H,16,17). The maximum Gasteiger partial charge on any atom is 0.161 e. The van der Waals surface area contributed by atoms with E-state index in [9.17, 15) is 0 Å². The first-order valence-electron chi connectivity index (χ1n) is 7.62. The molecule has 2 heterocycles. The second kappa shape index (κ2) is 5.43. The third-order valence-corrected chi connectivity index (χ3v) is 5.65. The fourth-order valence-electron chi connectivity index (χ4n) is 3.12. The van der Waals surface area contributed by atoms with Crippen LogP contribution in [0.3, 0.4) is 0 Å². The molecule has 1 N–H and O–H groups in total. The van der Waals surface area contributed by atoms with E-state index in [1.165, 1.54) is 25.7 Å². The van der Waals surface area contributed by atoms with Gasteiger partial charge in [-0.15, -0.1) is 0 Å². The van der Waals surface area contributed by atoms with Crippen molar-refractivity contribution in [1.82, 2.24) is 9.78 Å². The van der Waals surface area contributed by atoms with Crippen molar-refractivity contribution < 1.29 is 0 Å². The third kappa shape index (κ3) is 2.73. The summed E-state index contributed by atoms with van der Waals surface area (Å²) in [6.07, 6.45) is 8.15. The smallest absolute Gasteiger partial charge is 0.161 e. The van der Waals surface area contributed by atoms with Gasteiger partial charge in [-0.25, -0.2) is 0 Å². The fourth-order valence-corrected chi connectivity index (χ4v) is 4.32. The molecule has 0 aromatic carbocycles. The van der Waals surface area contributed by atoms with E-state index in [1.54, 1.807) is 0 Å². The molecule has 1 aliphatic carbocycles. The highest BCUT2D eigenvalue weighted by molar-refractivity contribution is 8.14. The molecule has 3 rings (SSSR count). The van der Waals surface area contributed by atoms with E-state index < -0.39 is 0 Å². The van der Waals surface area contributed by atoms with Crippen molar-refractivity contribution in [2.45, 2.75) is 51.5 Å². The number of hydrogen-bond donors (Lipinski definition) is 1. The number of aliphatic imine (C=N–C) groups is 1. The zero-order valence-corrected chi connectivity index (χ0v) is 13.5. The first-order valence-corrected chi connectivity index (χ1v) is 8.61. The fraction of sp³-hybridized carbons (Fsp3) is 0.733. The van der Waals surface area contributed by atoms with E-state index in [0.29, 0.717) is 0 Å². The molecule has 110 valence electrons. The van der Waals surface area contributed by atoms with Crippen molar-refractivity contribution in [3.8, 4) is 0 Å². The highest BCUT2D eigenvalue weighted by Crippen LogP contribution is 2.41. The maximum absolute atomic E-state index is 5.02. The van der Waals surface area contributed by atoms with E-state index in [2.05, 4.69) is 30.5 Å².